The molecule has 2 rings (SSSR count). The van der Waals surface area contributed by atoms with Gasteiger partial charge in [0.25, 0.3) is 0 Å². The fourth-order valence-corrected chi connectivity index (χ4v) is 2.73. The van der Waals surface area contributed by atoms with Crippen LogP contribution in [0.1, 0.15) is 36.3 Å². The fraction of sp³-hybridized carbons (Fsp3) is 0.538. The first-order valence-electron chi connectivity index (χ1n) is 5.58. The largest absolute Gasteiger partial charge is 0.330 e. The molecule has 0 saturated heterocycles. The van der Waals surface area contributed by atoms with Crippen molar-refractivity contribution in [2.24, 2.45) is 11.7 Å². The molecule has 2 atom stereocenters. The molecule has 0 heterocycles. The van der Waals surface area contributed by atoms with Gasteiger partial charge in [-0.3, -0.25) is 0 Å². The summed E-state index contributed by atoms with van der Waals surface area (Å²) in [5.74, 6) is 1.44. The zero-order chi connectivity index (χ0) is 9.97. The highest BCUT2D eigenvalue weighted by atomic mass is 14.6. The van der Waals surface area contributed by atoms with Crippen LogP contribution in [-0.2, 0) is 0 Å². The number of rotatable bonds is 2. The maximum absolute atomic E-state index is 5.81. The van der Waals surface area contributed by atoms with Gasteiger partial charge in [-0.25, -0.2) is 0 Å². The maximum Gasteiger partial charge on any atom is -0.00430 e. The summed E-state index contributed by atoms with van der Waals surface area (Å²) in [6.07, 6.45) is 3.99. The Morgan fingerprint density at radius 1 is 1.29 bits per heavy atom. The predicted octanol–water partition coefficient (Wildman–Crippen LogP) is 2.84. The Bertz CT molecular complexity index is 306. The molecule has 0 amide bonds. The first-order chi connectivity index (χ1) is 6.83. The molecule has 1 saturated carbocycles. The smallest absolute Gasteiger partial charge is 0.00430 e. The Kier molecular flexibility index (Phi) is 2.87. The molecule has 1 nitrogen and oxygen atoms in total. The molecule has 0 spiro atoms. The summed E-state index contributed by atoms with van der Waals surface area (Å²) >= 11 is 0. The van der Waals surface area contributed by atoms with Crippen LogP contribution in [0.25, 0.3) is 0 Å². The Labute approximate surface area is 86.3 Å². The van der Waals surface area contributed by atoms with Crippen molar-refractivity contribution >= 4 is 0 Å². The van der Waals surface area contributed by atoms with Gasteiger partial charge in [-0.2, -0.15) is 0 Å². The lowest BCUT2D eigenvalue weighted by Gasteiger charge is -2.20. The van der Waals surface area contributed by atoms with Crippen molar-refractivity contribution in [1.82, 2.24) is 0 Å². The number of nitrogens with two attached hydrogens (primary N) is 1. The van der Waals surface area contributed by atoms with Gasteiger partial charge in [0.1, 0.15) is 0 Å². The van der Waals surface area contributed by atoms with Gasteiger partial charge in [-0.05, 0) is 49.3 Å². The van der Waals surface area contributed by atoms with Crippen LogP contribution in [0.3, 0.4) is 0 Å². The molecule has 1 fully saturated rings. The van der Waals surface area contributed by atoms with Crippen LogP contribution in [0.5, 0.6) is 0 Å². The van der Waals surface area contributed by atoms with Crippen molar-refractivity contribution in [3.63, 3.8) is 0 Å². The summed E-state index contributed by atoms with van der Waals surface area (Å²) in [5, 5.41) is 0. The third kappa shape index (κ3) is 1.69. The topological polar surface area (TPSA) is 26.0 Å². The van der Waals surface area contributed by atoms with Crippen molar-refractivity contribution in [1.29, 1.82) is 0 Å². The summed E-state index contributed by atoms with van der Waals surface area (Å²) in [4.78, 5) is 0. The van der Waals surface area contributed by atoms with E-state index in [0.717, 1.165) is 18.4 Å². The van der Waals surface area contributed by atoms with Crippen LogP contribution in [0, 0.1) is 12.8 Å². The monoisotopic (exact) mass is 189 g/mol. The first-order valence-corrected chi connectivity index (χ1v) is 5.58. The summed E-state index contributed by atoms with van der Waals surface area (Å²) in [6.45, 7) is 3.06. The second-order valence-electron chi connectivity index (χ2n) is 4.39. The molecule has 1 aromatic carbocycles. The Hall–Kier alpha value is -0.820. The second kappa shape index (κ2) is 4.14. The molecule has 14 heavy (non-hydrogen) atoms. The zero-order valence-corrected chi connectivity index (χ0v) is 8.87. The molecule has 0 aliphatic heterocycles. The van der Waals surface area contributed by atoms with E-state index in [-0.39, 0.29) is 0 Å². The summed E-state index contributed by atoms with van der Waals surface area (Å²) < 4.78 is 0. The van der Waals surface area contributed by atoms with Crippen molar-refractivity contribution in [2.45, 2.75) is 32.1 Å². The lowest BCUT2D eigenvalue weighted by atomic mass is 9.86. The summed E-state index contributed by atoms with van der Waals surface area (Å²) in [5.41, 5.74) is 8.77. The molecule has 0 aromatic heterocycles. The molecule has 0 bridgehead atoms. The number of hydrogen-bond acceptors (Lipinski definition) is 1. The molecular weight excluding hydrogens is 170 g/mol. The van der Waals surface area contributed by atoms with Gasteiger partial charge in [-0.1, -0.05) is 30.7 Å². The van der Waals surface area contributed by atoms with Crippen molar-refractivity contribution in [2.75, 3.05) is 6.54 Å². The molecule has 2 N–H and O–H groups in total. The lowest BCUT2D eigenvalue weighted by Crippen LogP contribution is -2.17. The number of benzene rings is 1. The van der Waals surface area contributed by atoms with E-state index in [1.54, 1.807) is 0 Å². The Balaban J connectivity index is 2.26. The molecule has 1 aliphatic rings. The third-order valence-electron chi connectivity index (χ3n) is 3.55. The van der Waals surface area contributed by atoms with Crippen molar-refractivity contribution < 1.29 is 0 Å². The Morgan fingerprint density at radius 3 is 2.79 bits per heavy atom. The minimum Gasteiger partial charge on any atom is -0.330 e. The van der Waals surface area contributed by atoms with Gasteiger partial charge in [0.2, 0.25) is 0 Å². The molecule has 1 aromatic rings. The van der Waals surface area contributed by atoms with Crippen LogP contribution in [-0.4, -0.2) is 6.54 Å². The summed E-state index contributed by atoms with van der Waals surface area (Å²) in [7, 11) is 0. The second-order valence-corrected chi connectivity index (χ2v) is 4.39. The molecule has 0 radical (unpaired) electrons. The minimum atomic E-state index is 0.719. The SMILES string of the molecule is Cc1ccccc1C1CCCC1CN. The van der Waals surface area contributed by atoms with Crippen molar-refractivity contribution in [3.05, 3.63) is 35.4 Å². The maximum atomic E-state index is 5.81. The molecule has 76 valence electrons. The van der Waals surface area contributed by atoms with E-state index in [1.165, 1.54) is 30.4 Å². The van der Waals surface area contributed by atoms with Crippen LogP contribution in [0.4, 0.5) is 0 Å². The van der Waals surface area contributed by atoms with E-state index >= 15 is 0 Å². The predicted molar refractivity (Wildman–Crippen MR) is 60.3 cm³/mol. The van der Waals surface area contributed by atoms with Gasteiger partial charge in [0.15, 0.2) is 0 Å². The van der Waals surface area contributed by atoms with Crippen molar-refractivity contribution in [3.8, 4) is 0 Å². The Morgan fingerprint density at radius 2 is 2.07 bits per heavy atom. The van der Waals surface area contributed by atoms with Crippen LogP contribution in [0.2, 0.25) is 0 Å². The zero-order valence-electron chi connectivity index (χ0n) is 8.87. The quantitative estimate of drug-likeness (QED) is 0.760. The lowest BCUT2D eigenvalue weighted by molar-refractivity contribution is 0.494. The highest BCUT2D eigenvalue weighted by Gasteiger charge is 2.27. The molecule has 1 heteroatoms. The van der Waals surface area contributed by atoms with Gasteiger partial charge in [-0.15, -0.1) is 0 Å². The fourth-order valence-electron chi connectivity index (χ4n) is 2.73. The van der Waals surface area contributed by atoms with E-state index in [0.29, 0.717) is 0 Å². The average Bonchev–Trinajstić information content (AvgIpc) is 2.66. The van der Waals surface area contributed by atoms with Gasteiger partial charge < -0.3 is 5.73 Å². The van der Waals surface area contributed by atoms with Gasteiger partial charge in [0.05, 0.1) is 0 Å². The minimum absolute atomic E-state index is 0.719. The number of aryl methyl sites for hydroxylation is 1. The third-order valence-corrected chi connectivity index (χ3v) is 3.55. The van der Waals surface area contributed by atoms with Crippen LogP contribution >= 0.6 is 0 Å². The van der Waals surface area contributed by atoms with E-state index in [1.807, 2.05) is 0 Å². The molecule has 1 aliphatic carbocycles. The van der Waals surface area contributed by atoms with Crippen LogP contribution < -0.4 is 5.73 Å². The van der Waals surface area contributed by atoms with Gasteiger partial charge >= 0.3 is 0 Å². The van der Waals surface area contributed by atoms with E-state index in [9.17, 15) is 0 Å². The van der Waals surface area contributed by atoms with Crippen LogP contribution in [0.15, 0.2) is 24.3 Å². The highest BCUT2D eigenvalue weighted by Crippen LogP contribution is 2.39. The van der Waals surface area contributed by atoms with E-state index in [2.05, 4.69) is 31.2 Å². The van der Waals surface area contributed by atoms with Gasteiger partial charge in [0, 0.05) is 0 Å². The molecule has 2 unspecified atom stereocenters. The number of hydrogen-bond donors (Lipinski definition) is 1. The highest BCUT2D eigenvalue weighted by molar-refractivity contribution is 5.30. The average molecular weight is 189 g/mol. The molecular formula is C13H19N. The van der Waals surface area contributed by atoms with E-state index < -0.39 is 0 Å². The first kappa shape index (κ1) is 9.72. The normalized spacial score (nSPS) is 26.7. The summed E-state index contributed by atoms with van der Waals surface area (Å²) in [6, 6.07) is 8.74. The standard InChI is InChI=1S/C13H19N/c1-10-5-2-3-7-12(10)13-8-4-6-11(13)9-14/h2-3,5,7,11,13H,4,6,8-9,14H2,1H3. The van der Waals surface area contributed by atoms with E-state index in [4.69, 9.17) is 5.73 Å².